The average Bonchev–Trinajstić information content (AvgIpc) is 2.20. The van der Waals surface area contributed by atoms with Crippen molar-refractivity contribution < 1.29 is 9.90 Å². The summed E-state index contributed by atoms with van der Waals surface area (Å²) in [6, 6.07) is 0. The van der Waals surface area contributed by atoms with Crippen molar-refractivity contribution in [2.75, 3.05) is 19.6 Å². The van der Waals surface area contributed by atoms with Gasteiger partial charge in [-0.3, -0.25) is 4.79 Å². The van der Waals surface area contributed by atoms with Crippen molar-refractivity contribution in [3.63, 3.8) is 0 Å². The number of hydrogen-bond donors (Lipinski definition) is 2. The molecule has 1 aliphatic heterocycles. The second-order valence-corrected chi connectivity index (χ2v) is 4.60. The molecule has 0 bridgehead atoms. The lowest BCUT2D eigenvalue weighted by Crippen LogP contribution is -2.64. The minimum Gasteiger partial charge on any atom is -0.386 e. The van der Waals surface area contributed by atoms with Crippen LogP contribution in [0.25, 0.3) is 0 Å². The van der Waals surface area contributed by atoms with Crippen LogP contribution in [0, 0.1) is 5.92 Å². The minimum atomic E-state index is -0.622. The summed E-state index contributed by atoms with van der Waals surface area (Å²) in [4.78, 5) is 13.5. The van der Waals surface area contributed by atoms with Gasteiger partial charge in [-0.25, -0.2) is 0 Å². The van der Waals surface area contributed by atoms with Crippen molar-refractivity contribution >= 4 is 5.91 Å². The van der Waals surface area contributed by atoms with Gasteiger partial charge in [0.05, 0.1) is 18.7 Å². The lowest BCUT2D eigenvalue weighted by molar-refractivity contribution is -0.159. The van der Waals surface area contributed by atoms with Crippen LogP contribution in [-0.2, 0) is 4.79 Å². The summed E-state index contributed by atoms with van der Waals surface area (Å²) in [6.45, 7) is 5.50. The molecule has 3 N–H and O–H groups in total. The van der Waals surface area contributed by atoms with E-state index in [2.05, 4.69) is 0 Å². The standard InChI is InChI=1S/C11H22N2O2/c1-3-11(15)7-13(8-11)10(14)9(2)5-4-6-12/h9,15H,3-8,12H2,1-2H3. The maximum Gasteiger partial charge on any atom is 0.225 e. The summed E-state index contributed by atoms with van der Waals surface area (Å²) >= 11 is 0. The Kier molecular flexibility index (Phi) is 4.11. The quantitative estimate of drug-likeness (QED) is 0.693. The van der Waals surface area contributed by atoms with Gasteiger partial charge in [0, 0.05) is 5.92 Å². The summed E-state index contributed by atoms with van der Waals surface area (Å²) in [5.41, 5.74) is 4.78. The van der Waals surface area contributed by atoms with Crippen molar-refractivity contribution in [1.29, 1.82) is 0 Å². The fourth-order valence-corrected chi connectivity index (χ4v) is 1.90. The van der Waals surface area contributed by atoms with Gasteiger partial charge in [0.15, 0.2) is 0 Å². The largest absolute Gasteiger partial charge is 0.386 e. The molecule has 1 unspecified atom stereocenters. The molecule has 4 nitrogen and oxygen atoms in total. The van der Waals surface area contributed by atoms with Crippen LogP contribution in [0.1, 0.15) is 33.1 Å². The van der Waals surface area contributed by atoms with Crippen LogP contribution in [0.5, 0.6) is 0 Å². The normalized spacial score (nSPS) is 20.9. The van der Waals surface area contributed by atoms with E-state index in [1.807, 2.05) is 13.8 Å². The van der Waals surface area contributed by atoms with E-state index in [-0.39, 0.29) is 11.8 Å². The van der Waals surface area contributed by atoms with E-state index >= 15 is 0 Å². The molecule has 0 spiro atoms. The number of nitrogens with two attached hydrogens (primary N) is 1. The van der Waals surface area contributed by atoms with E-state index in [4.69, 9.17) is 5.73 Å². The number of carbonyl (C=O) groups excluding carboxylic acids is 1. The van der Waals surface area contributed by atoms with Crippen molar-refractivity contribution in [2.24, 2.45) is 11.7 Å². The predicted octanol–water partition coefficient (Wildman–Crippen LogP) is 0.345. The first-order valence-corrected chi connectivity index (χ1v) is 5.73. The van der Waals surface area contributed by atoms with Crippen LogP contribution in [0.4, 0.5) is 0 Å². The Bertz CT molecular complexity index is 225. The number of amides is 1. The number of hydrogen-bond acceptors (Lipinski definition) is 3. The molecule has 0 aliphatic carbocycles. The number of likely N-dealkylation sites (tertiary alicyclic amines) is 1. The maximum atomic E-state index is 11.8. The Labute approximate surface area is 91.4 Å². The number of carbonyl (C=O) groups is 1. The predicted molar refractivity (Wildman–Crippen MR) is 59.3 cm³/mol. The number of nitrogens with zero attached hydrogens (tertiary/aromatic N) is 1. The number of rotatable bonds is 5. The molecule has 4 heteroatoms. The Morgan fingerprint density at radius 3 is 2.67 bits per heavy atom. The molecule has 1 saturated heterocycles. The molecule has 0 aromatic carbocycles. The Balaban J connectivity index is 2.31. The Morgan fingerprint density at radius 1 is 1.60 bits per heavy atom. The van der Waals surface area contributed by atoms with Crippen LogP contribution in [0.2, 0.25) is 0 Å². The van der Waals surface area contributed by atoms with E-state index in [0.717, 1.165) is 12.8 Å². The van der Waals surface area contributed by atoms with Crippen molar-refractivity contribution in [3.8, 4) is 0 Å². The molecular weight excluding hydrogens is 192 g/mol. The van der Waals surface area contributed by atoms with E-state index < -0.39 is 5.60 Å². The van der Waals surface area contributed by atoms with Crippen LogP contribution < -0.4 is 5.73 Å². The van der Waals surface area contributed by atoms with Gasteiger partial charge in [0.2, 0.25) is 5.91 Å². The summed E-state index contributed by atoms with van der Waals surface area (Å²) in [7, 11) is 0. The number of aliphatic hydroxyl groups is 1. The lowest BCUT2D eigenvalue weighted by Gasteiger charge is -2.47. The second kappa shape index (κ2) is 4.94. The van der Waals surface area contributed by atoms with Gasteiger partial charge >= 0.3 is 0 Å². The van der Waals surface area contributed by atoms with E-state index in [9.17, 15) is 9.90 Å². The average molecular weight is 214 g/mol. The molecule has 1 aliphatic rings. The van der Waals surface area contributed by atoms with Gasteiger partial charge in [-0.2, -0.15) is 0 Å². The van der Waals surface area contributed by atoms with Crippen LogP contribution in [0.15, 0.2) is 0 Å². The third kappa shape index (κ3) is 2.92. The molecule has 0 aromatic heterocycles. The molecule has 0 saturated carbocycles. The highest BCUT2D eigenvalue weighted by Gasteiger charge is 2.42. The van der Waals surface area contributed by atoms with Crippen LogP contribution >= 0.6 is 0 Å². The third-order valence-corrected chi connectivity index (χ3v) is 3.20. The van der Waals surface area contributed by atoms with Gasteiger partial charge in [-0.05, 0) is 25.8 Å². The Hall–Kier alpha value is -0.610. The summed E-state index contributed by atoms with van der Waals surface area (Å²) in [5.74, 6) is 0.191. The van der Waals surface area contributed by atoms with E-state index in [1.165, 1.54) is 0 Å². The van der Waals surface area contributed by atoms with Gasteiger partial charge < -0.3 is 15.7 Å². The molecule has 1 atom stereocenters. The molecule has 1 fully saturated rings. The molecular formula is C11H22N2O2. The highest BCUT2D eigenvalue weighted by atomic mass is 16.3. The zero-order chi connectivity index (χ0) is 11.5. The van der Waals surface area contributed by atoms with Crippen molar-refractivity contribution in [1.82, 2.24) is 4.90 Å². The topological polar surface area (TPSA) is 66.6 Å². The maximum absolute atomic E-state index is 11.8. The second-order valence-electron chi connectivity index (χ2n) is 4.60. The first kappa shape index (κ1) is 12.5. The SMILES string of the molecule is CCC1(O)CN(C(=O)C(C)CCCN)C1. The molecule has 0 aromatic rings. The first-order valence-electron chi connectivity index (χ1n) is 5.73. The fraction of sp³-hybridized carbons (Fsp3) is 0.909. The minimum absolute atomic E-state index is 0.0370. The van der Waals surface area contributed by atoms with Gasteiger partial charge in [-0.1, -0.05) is 13.8 Å². The summed E-state index contributed by atoms with van der Waals surface area (Å²) in [5, 5.41) is 9.78. The lowest BCUT2D eigenvalue weighted by atomic mass is 9.89. The molecule has 1 amide bonds. The van der Waals surface area contributed by atoms with Gasteiger partial charge in [0.1, 0.15) is 0 Å². The fourth-order valence-electron chi connectivity index (χ4n) is 1.90. The zero-order valence-electron chi connectivity index (χ0n) is 9.70. The number of β-amino-alcohol motifs (C(OH)–C–C–N with tert-alkyl or cyclic N) is 1. The molecule has 0 radical (unpaired) electrons. The van der Waals surface area contributed by atoms with Gasteiger partial charge in [0.25, 0.3) is 0 Å². The third-order valence-electron chi connectivity index (χ3n) is 3.20. The monoisotopic (exact) mass is 214 g/mol. The van der Waals surface area contributed by atoms with E-state index in [1.54, 1.807) is 4.90 Å². The highest BCUT2D eigenvalue weighted by molar-refractivity contribution is 5.79. The molecule has 88 valence electrons. The zero-order valence-corrected chi connectivity index (χ0v) is 9.70. The summed E-state index contributed by atoms with van der Waals surface area (Å²) < 4.78 is 0. The molecule has 1 rings (SSSR count). The summed E-state index contributed by atoms with van der Waals surface area (Å²) in [6.07, 6.45) is 2.45. The Morgan fingerprint density at radius 2 is 2.20 bits per heavy atom. The van der Waals surface area contributed by atoms with E-state index in [0.29, 0.717) is 26.1 Å². The smallest absolute Gasteiger partial charge is 0.225 e. The van der Waals surface area contributed by atoms with Crippen molar-refractivity contribution in [2.45, 2.75) is 38.7 Å². The van der Waals surface area contributed by atoms with Gasteiger partial charge in [-0.15, -0.1) is 0 Å². The molecule has 1 heterocycles. The van der Waals surface area contributed by atoms with Crippen LogP contribution in [0.3, 0.4) is 0 Å². The van der Waals surface area contributed by atoms with Crippen molar-refractivity contribution in [3.05, 3.63) is 0 Å². The first-order chi connectivity index (χ1) is 7.02. The highest BCUT2D eigenvalue weighted by Crippen LogP contribution is 2.26. The van der Waals surface area contributed by atoms with Crippen LogP contribution in [-0.4, -0.2) is 41.1 Å². The molecule has 15 heavy (non-hydrogen) atoms.